The fourth-order valence-corrected chi connectivity index (χ4v) is 2.18. The Morgan fingerprint density at radius 3 is 1.63 bits per heavy atom. The van der Waals surface area contributed by atoms with E-state index in [1.165, 1.54) is 38.5 Å². The molecule has 1 N–H and O–H groups in total. The van der Waals surface area contributed by atoms with Crippen molar-refractivity contribution in [1.29, 1.82) is 0 Å². The molecule has 19 heavy (non-hydrogen) atoms. The number of rotatable bonds is 14. The summed E-state index contributed by atoms with van der Waals surface area (Å²) in [5, 5.41) is 8.48. The van der Waals surface area contributed by atoms with E-state index in [-0.39, 0.29) is 6.42 Å². The third-order valence-electron chi connectivity index (χ3n) is 3.41. The van der Waals surface area contributed by atoms with Gasteiger partial charge in [0.15, 0.2) is 0 Å². The molecule has 0 atom stereocenters. The lowest BCUT2D eigenvalue weighted by Gasteiger charge is -2.02. The Morgan fingerprint density at radius 2 is 1.11 bits per heavy atom. The van der Waals surface area contributed by atoms with E-state index in [0.717, 1.165) is 19.3 Å². The average Bonchev–Trinajstić information content (AvgIpc) is 2.37. The molecule has 3 nitrogen and oxygen atoms in total. The standard InChI is InChI=1S/C16H30O3/c1-2-3-4-5-6-7-9-12-15(17)13-10-8-11-14-16(18)19/h2-14H2,1H3,(H,18,19). The quantitative estimate of drug-likeness (QED) is 0.464. The number of carboxylic acid groups (broad SMARTS) is 1. The van der Waals surface area contributed by atoms with Gasteiger partial charge < -0.3 is 5.11 Å². The smallest absolute Gasteiger partial charge is 0.303 e. The van der Waals surface area contributed by atoms with Crippen LogP contribution < -0.4 is 0 Å². The van der Waals surface area contributed by atoms with Gasteiger partial charge in [-0.15, -0.1) is 0 Å². The number of unbranched alkanes of at least 4 members (excludes halogenated alkanes) is 8. The summed E-state index contributed by atoms with van der Waals surface area (Å²) in [7, 11) is 0. The number of aliphatic carboxylic acids is 1. The van der Waals surface area contributed by atoms with Gasteiger partial charge in [-0.25, -0.2) is 0 Å². The zero-order chi connectivity index (χ0) is 14.3. The van der Waals surface area contributed by atoms with E-state index < -0.39 is 5.97 Å². The second kappa shape index (κ2) is 13.6. The van der Waals surface area contributed by atoms with E-state index >= 15 is 0 Å². The molecule has 0 aromatic carbocycles. The molecule has 0 spiro atoms. The number of Topliss-reactive ketones (excluding diaryl/α,β-unsaturated/α-hetero) is 1. The summed E-state index contributed by atoms with van der Waals surface area (Å²) in [5.41, 5.74) is 0. The lowest BCUT2D eigenvalue weighted by Crippen LogP contribution is -1.98. The SMILES string of the molecule is CCCCCCCCCC(=O)CCCCCC(=O)O. The number of carbonyl (C=O) groups is 2. The van der Waals surface area contributed by atoms with Gasteiger partial charge in [0, 0.05) is 19.3 Å². The molecule has 0 aromatic heterocycles. The molecule has 0 fully saturated rings. The first kappa shape index (κ1) is 18.1. The predicted octanol–water partition coefficient (Wildman–Crippen LogP) is 4.73. The highest BCUT2D eigenvalue weighted by atomic mass is 16.4. The molecular weight excluding hydrogens is 240 g/mol. The van der Waals surface area contributed by atoms with Crippen molar-refractivity contribution in [3.63, 3.8) is 0 Å². The van der Waals surface area contributed by atoms with Gasteiger partial charge in [-0.05, 0) is 19.3 Å². The van der Waals surface area contributed by atoms with Crippen LogP contribution in [0.4, 0.5) is 0 Å². The summed E-state index contributed by atoms with van der Waals surface area (Å²) < 4.78 is 0. The number of hydrogen-bond donors (Lipinski definition) is 1. The maximum Gasteiger partial charge on any atom is 0.303 e. The first-order chi connectivity index (χ1) is 9.16. The van der Waals surface area contributed by atoms with Crippen LogP contribution in [0.5, 0.6) is 0 Å². The molecule has 0 aromatic rings. The first-order valence-electron chi connectivity index (χ1n) is 7.90. The lowest BCUT2D eigenvalue weighted by molar-refractivity contribution is -0.137. The van der Waals surface area contributed by atoms with Gasteiger partial charge >= 0.3 is 5.97 Å². The van der Waals surface area contributed by atoms with Gasteiger partial charge in [0.2, 0.25) is 0 Å². The average molecular weight is 270 g/mol. The molecule has 0 amide bonds. The van der Waals surface area contributed by atoms with Crippen LogP contribution in [0.25, 0.3) is 0 Å². The van der Waals surface area contributed by atoms with Crippen molar-refractivity contribution in [2.45, 2.75) is 90.4 Å². The minimum atomic E-state index is -0.741. The van der Waals surface area contributed by atoms with Crippen LogP contribution in [-0.2, 0) is 9.59 Å². The monoisotopic (exact) mass is 270 g/mol. The Balaban J connectivity index is 3.19. The lowest BCUT2D eigenvalue weighted by atomic mass is 10.0. The Labute approximate surface area is 117 Å². The maximum absolute atomic E-state index is 11.6. The van der Waals surface area contributed by atoms with Crippen LogP contribution in [0.1, 0.15) is 90.4 Å². The molecule has 0 saturated heterocycles. The number of ketones is 1. The summed E-state index contributed by atoms with van der Waals surface area (Å²) in [5.74, 6) is -0.390. The van der Waals surface area contributed by atoms with Crippen molar-refractivity contribution in [3.8, 4) is 0 Å². The molecule has 0 saturated carbocycles. The number of carbonyl (C=O) groups excluding carboxylic acids is 1. The van der Waals surface area contributed by atoms with Crippen LogP contribution in [0.3, 0.4) is 0 Å². The van der Waals surface area contributed by atoms with Gasteiger partial charge in [0.1, 0.15) is 5.78 Å². The van der Waals surface area contributed by atoms with E-state index in [1.54, 1.807) is 0 Å². The Bertz CT molecular complexity index is 236. The van der Waals surface area contributed by atoms with E-state index in [2.05, 4.69) is 6.92 Å². The van der Waals surface area contributed by atoms with Crippen LogP contribution in [0.2, 0.25) is 0 Å². The van der Waals surface area contributed by atoms with Crippen molar-refractivity contribution in [3.05, 3.63) is 0 Å². The maximum atomic E-state index is 11.6. The third-order valence-corrected chi connectivity index (χ3v) is 3.41. The minimum Gasteiger partial charge on any atom is -0.481 e. The van der Waals surface area contributed by atoms with Crippen molar-refractivity contribution in [2.24, 2.45) is 0 Å². The minimum absolute atomic E-state index is 0.228. The first-order valence-corrected chi connectivity index (χ1v) is 7.90. The van der Waals surface area contributed by atoms with Gasteiger partial charge in [-0.3, -0.25) is 9.59 Å². The molecule has 0 radical (unpaired) electrons. The van der Waals surface area contributed by atoms with Crippen LogP contribution in [0, 0.1) is 0 Å². The summed E-state index contributed by atoms with van der Waals surface area (Å²) in [6, 6.07) is 0. The summed E-state index contributed by atoms with van der Waals surface area (Å²) >= 11 is 0. The summed E-state index contributed by atoms with van der Waals surface area (Å²) in [6.07, 6.45) is 12.7. The van der Waals surface area contributed by atoms with Gasteiger partial charge in [0.25, 0.3) is 0 Å². The third kappa shape index (κ3) is 15.1. The Morgan fingerprint density at radius 1 is 0.684 bits per heavy atom. The Kier molecular flexibility index (Phi) is 13.0. The molecule has 3 heteroatoms. The highest BCUT2D eigenvalue weighted by Gasteiger charge is 2.02. The second-order valence-electron chi connectivity index (χ2n) is 5.36. The van der Waals surface area contributed by atoms with Crippen LogP contribution >= 0.6 is 0 Å². The van der Waals surface area contributed by atoms with E-state index in [1.807, 2.05) is 0 Å². The van der Waals surface area contributed by atoms with Crippen molar-refractivity contribution < 1.29 is 14.7 Å². The molecule has 0 aliphatic carbocycles. The molecule has 0 heterocycles. The molecule has 0 aliphatic heterocycles. The molecule has 0 unspecified atom stereocenters. The number of carboxylic acids is 1. The highest BCUT2D eigenvalue weighted by molar-refractivity contribution is 5.78. The fraction of sp³-hybridized carbons (Fsp3) is 0.875. The molecule has 112 valence electrons. The van der Waals surface area contributed by atoms with Crippen LogP contribution in [-0.4, -0.2) is 16.9 Å². The predicted molar refractivity (Wildman–Crippen MR) is 78.3 cm³/mol. The Hall–Kier alpha value is -0.860. The van der Waals surface area contributed by atoms with E-state index in [4.69, 9.17) is 5.11 Å². The van der Waals surface area contributed by atoms with Crippen LogP contribution in [0.15, 0.2) is 0 Å². The second-order valence-corrected chi connectivity index (χ2v) is 5.36. The molecule has 0 aliphatic rings. The fourth-order valence-electron chi connectivity index (χ4n) is 2.18. The van der Waals surface area contributed by atoms with Crippen molar-refractivity contribution in [2.75, 3.05) is 0 Å². The van der Waals surface area contributed by atoms with Gasteiger partial charge in [-0.1, -0.05) is 51.9 Å². The topological polar surface area (TPSA) is 54.4 Å². The molecule has 0 rings (SSSR count). The zero-order valence-corrected chi connectivity index (χ0v) is 12.5. The number of hydrogen-bond acceptors (Lipinski definition) is 2. The summed E-state index contributed by atoms with van der Waals surface area (Å²) in [4.78, 5) is 21.9. The normalized spacial score (nSPS) is 10.6. The largest absolute Gasteiger partial charge is 0.481 e. The molecular formula is C16H30O3. The van der Waals surface area contributed by atoms with Gasteiger partial charge in [0.05, 0.1) is 0 Å². The summed E-state index contributed by atoms with van der Waals surface area (Å²) in [6.45, 7) is 2.22. The molecule has 0 bridgehead atoms. The highest BCUT2D eigenvalue weighted by Crippen LogP contribution is 2.11. The van der Waals surface area contributed by atoms with Crippen molar-refractivity contribution >= 4 is 11.8 Å². The van der Waals surface area contributed by atoms with E-state index in [0.29, 0.717) is 25.0 Å². The van der Waals surface area contributed by atoms with Gasteiger partial charge in [-0.2, -0.15) is 0 Å². The van der Waals surface area contributed by atoms with Crippen molar-refractivity contribution in [1.82, 2.24) is 0 Å². The zero-order valence-electron chi connectivity index (χ0n) is 12.5. The van der Waals surface area contributed by atoms with E-state index in [9.17, 15) is 9.59 Å².